The largest absolute Gasteiger partial charge is 0.496 e. The third kappa shape index (κ3) is 10.6. The molecule has 7 aromatic rings. The minimum Gasteiger partial charge on any atom is -0.496 e. The van der Waals surface area contributed by atoms with Crippen LogP contribution >= 0.6 is 0 Å². The molecule has 0 saturated carbocycles. The second-order valence-electron chi connectivity index (χ2n) is 16.9. The summed E-state index contributed by atoms with van der Waals surface area (Å²) in [7, 11) is 13.2. The Labute approximate surface area is 412 Å². The summed E-state index contributed by atoms with van der Waals surface area (Å²) in [5.41, 5.74) is 8.32. The molecular weight excluding hydrogens is 909 g/mol. The van der Waals surface area contributed by atoms with Crippen molar-refractivity contribution in [3.63, 3.8) is 0 Å². The number of hydrogen-bond acceptors (Lipinski definition) is 16. The molecule has 0 N–H and O–H groups in total. The van der Waals surface area contributed by atoms with Gasteiger partial charge in [-0.15, -0.1) is 0 Å². The predicted octanol–water partition coefficient (Wildman–Crippen LogP) is 9.74. The first-order valence-corrected chi connectivity index (χ1v) is 23.1. The van der Waals surface area contributed by atoms with Crippen LogP contribution in [0.15, 0.2) is 85.5 Å². The quantitative estimate of drug-likeness (QED) is 0.141. The van der Waals surface area contributed by atoms with Crippen molar-refractivity contribution in [2.75, 3.05) is 70.1 Å². The Morgan fingerprint density at radius 1 is 0.310 bits per heavy atom. The van der Waals surface area contributed by atoms with Crippen LogP contribution in [0, 0.1) is 0 Å². The van der Waals surface area contributed by atoms with Crippen molar-refractivity contribution < 1.29 is 56.8 Å². The van der Waals surface area contributed by atoms with Gasteiger partial charge in [-0.05, 0) is 73.5 Å². The zero-order valence-electron chi connectivity index (χ0n) is 41.1. The van der Waals surface area contributed by atoms with E-state index in [0.29, 0.717) is 139 Å². The molecule has 2 aromatic heterocycles. The number of fused-ring (bicyclic) bond motifs is 5. The van der Waals surface area contributed by atoms with Crippen LogP contribution in [0.25, 0.3) is 0 Å². The lowest BCUT2D eigenvalue weighted by Crippen LogP contribution is -2.07. The SMILES string of the molecule is COc1cc2c(OC)cc1Cc1cc(OC)c(cc1OC)Cc1cc(OC)c(cc1OC)Cc1cc3c(cc1Oc1cncc(n1)OCCCCOc1cncc(n1)O3)Cc1cc(OC)c(cc1OC)C2. The van der Waals surface area contributed by atoms with Crippen LogP contribution in [0.3, 0.4) is 0 Å². The number of ether oxygens (including phenoxy) is 12. The number of methoxy groups -OCH3 is 8. The van der Waals surface area contributed by atoms with Gasteiger partial charge < -0.3 is 56.8 Å². The molecule has 368 valence electrons. The summed E-state index contributed by atoms with van der Waals surface area (Å²) in [5, 5.41) is 0. The summed E-state index contributed by atoms with van der Waals surface area (Å²) in [6.07, 6.45) is 9.55. The molecule has 4 heterocycles. The summed E-state index contributed by atoms with van der Waals surface area (Å²) in [4.78, 5) is 18.2. The van der Waals surface area contributed by atoms with E-state index in [0.717, 1.165) is 44.5 Å². The first-order valence-electron chi connectivity index (χ1n) is 23.1. The third-order valence-electron chi connectivity index (χ3n) is 12.5. The minimum atomic E-state index is 0.231. The Morgan fingerprint density at radius 2 is 0.549 bits per heavy atom. The second kappa shape index (κ2) is 21.7. The fraction of sp³-hybridized carbons (Fsp3) is 0.309. The van der Waals surface area contributed by atoms with Gasteiger partial charge >= 0.3 is 0 Å². The van der Waals surface area contributed by atoms with Gasteiger partial charge in [0, 0.05) is 87.7 Å². The van der Waals surface area contributed by atoms with Crippen molar-refractivity contribution in [2.24, 2.45) is 0 Å². The highest BCUT2D eigenvalue weighted by Gasteiger charge is 2.24. The normalized spacial score (nSPS) is 13.3. The topological polar surface area (TPSA) is 162 Å². The van der Waals surface area contributed by atoms with Gasteiger partial charge in [-0.3, -0.25) is 9.97 Å². The van der Waals surface area contributed by atoms with Gasteiger partial charge in [0.15, 0.2) is 0 Å². The average Bonchev–Trinajstić information content (AvgIpc) is 3.39. The van der Waals surface area contributed by atoms with E-state index in [1.165, 1.54) is 0 Å². The van der Waals surface area contributed by atoms with Gasteiger partial charge in [0.2, 0.25) is 23.5 Å². The van der Waals surface area contributed by atoms with Gasteiger partial charge in [-0.2, -0.15) is 9.97 Å². The van der Waals surface area contributed by atoms with E-state index in [9.17, 15) is 0 Å². The molecule has 16 nitrogen and oxygen atoms in total. The fourth-order valence-corrected chi connectivity index (χ4v) is 9.02. The smallest absolute Gasteiger partial charge is 0.241 e. The number of benzene rings is 5. The zero-order chi connectivity index (χ0) is 49.4. The first-order chi connectivity index (χ1) is 34.7. The zero-order valence-corrected chi connectivity index (χ0v) is 41.1. The van der Waals surface area contributed by atoms with Crippen LogP contribution < -0.4 is 56.8 Å². The Hall–Kier alpha value is -8.14. The molecule has 0 radical (unpaired) electrons. The fourth-order valence-electron chi connectivity index (χ4n) is 9.02. The third-order valence-corrected chi connectivity index (χ3v) is 12.5. The standard InChI is InChI=1S/C55H56N4O12/c1-60-42-20-34-14-36-22-48(66-7)38(24-46(36)64-5)16-40-26-51-41(27-50(40)70-54-30-56-28-52(58-54)68-11-9-10-12-69-53-29-57-31-55(59-53)71-51)17-39-25-47(65-6)37(23-49(39)67-8)15-35-21-43(61-2)33(19-45(35)63-4)13-32(42)18-44(34)62-3/h18-31H,9-17H2,1-8H3. The molecule has 0 amide bonds. The summed E-state index contributed by atoms with van der Waals surface area (Å²) in [5.74, 6) is 7.28. The summed E-state index contributed by atoms with van der Waals surface area (Å²) >= 11 is 0. The van der Waals surface area contributed by atoms with Crippen LogP contribution in [0.1, 0.15) is 68.5 Å². The molecule has 5 aromatic carbocycles. The van der Waals surface area contributed by atoms with E-state index in [1.54, 1.807) is 81.7 Å². The van der Waals surface area contributed by atoms with Gasteiger partial charge in [0.05, 0.1) is 94.9 Å². The monoisotopic (exact) mass is 964 g/mol. The first kappa shape index (κ1) is 47.9. The van der Waals surface area contributed by atoms with Gasteiger partial charge in [0.1, 0.15) is 57.5 Å². The van der Waals surface area contributed by atoms with Crippen LogP contribution in [0.4, 0.5) is 0 Å². The van der Waals surface area contributed by atoms with Crippen molar-refractivity contribution in [1.29, 1.82) is 0 Å². The van der Waals surface area contributed by atoms with Crippen molar-refractivity contribution in [1.82, 2.24) is 19.9 Å². The molecule has 18 rings (SSSR count). The van der Waals surface area contributed by atoms with Gasteiger partial charge in [-0.25, -0.2) is 0 Å². The van der Waals surface area contributed by atoms with E-state index in [2.05, 4.69) is 9.97 Å². The second-order valence-corrected chi connectivity index (χ2v) is 16.9. The van der Waals surface area contributed by atoms with Gasteiger partial charge in [0.25, 0.3) is 0 Å². The van der Waals surface area contributed by atoms with Crippen LogP contribution in [-0.4, -0.2) is 90.0 Å². The molecule has 0 spiro atoms. The van der Waals surface area contributed by atoms with Crippen molar-refractivity contribution in [2.45, 2.75) is 44.9 Å². The van der Waals surface area contributed by atoms with E-state index in [-0.39, 0.29) is 11.8 Å². The van der Waals surface area contributed by atoms with Crippen molar-refractivity contribution >= 4 is 0 Å². The van der Waals surface area contributed by atoms with E-state index < -0.39 is 0 Å². The summed E-state index contributed by atoms with van der Waals surface area (Å²) in [6, 6.07) is 19.8. The van der Waals surface area contributed by atoms with Crippen LogP contribution in [-0.2, 0) is 32.1 Å². The summed E-state index contributed by atoms with van der Waals surface area (Å²) < 4.78 is 74.3. The molecule has 0 atom stereocenters. The van der Waals surface area contributed by atoms with Crippen molar-refractivity contribution in [3.05, 3.63) is 141 Å². The van der Waals surface area contributed by atoms with Gasteiger partial charge in [-0.1, -0.05) is 0 Å². The number of nitrogens with zero attached hydrogens (tertiary/aromatic N) is 4. The lowest BCUT2D eigenvalue weighted by Gasteiger charge is -2.21. The molecule has 2 aliphatic heterocycles. The molecule has 11 aliphatic rings. The molecule has 0 fully saturated rings. The Bertz CT molecular complexity index is 2850. The Balaban J connectivity index is 1.29. The van der Waals surface area contributed by atoms with Crippen molar-refractivity contribution in [3.8, 4) is 81.0 Å². The highest BCUT2D eigenvalue weighted by Crippen LogP contribution is 2.43. The lowest BCUT2D eigenvalue weighted by atomic mass is 9.94. The highest BCUT2D eigenvalue weighted by molar-refractivity contribution is 5.60. The molecule has 9 aliphatic carbocycles. The molecular formula is C55H56N4O12. The predicted molar refractivity (Wildman–Crippen MR) is 263 cm³/mol. The van der Waals surface area contributed by atoms with E-state index >= 15 is 0 Å². The number of rotatable bonds is 8. The summed E-state index contributed by atoms with van der Waals surface area (Å²) in [6.45, 7) is 0.781. The average molecular weight is 965 g/mol. The maximum atomic E-state index is 6.73. The van der Waals surface area contributed by atoms with E-state index in [4.69, 9.17) is 66.8 Å². The molecule has 0 saturated heterocycles. The maximum absolute atomic E-state index is 6.73. The highest BCUT2D eigenvalue weighted by atomic mass is 16.5. The lowest BCUT2D eigenvalue weighted by molar-refractivity contribution is 0.252. The number of hydrogen-bond donors (Lipinski definition) is 0. The Kier molecular flexibility index (Phi) is 14.6. The molecule has 16 bridgehead atoms. The minimum absolute atomic E-state index is 0.231. The maximum Gasteiger partial charge on any atom is 0.241 e. The number of aromatic nitrogens is 4. The molecule has 0 unspecified atom stereocenters. The van der Waals surface area contributed by atoms with E-state index in [1.807, 2.05) is 60.7 Å². The van der Waals surface area contributed by atoms with Crippen LogP contribution in [0.5, 0.6) is 81.0 Å². The van der Waals surface area contributed by atoms with Crippen LogP contribution in [0.2, 0.25) is 0 Å². The Morgan fingerprint density at radius 3 is 0.803 bits per heavy atom. The molecule has 71 heavy (non-hydrogen) atoms. The molecule has 16 heteroatoms.